The number of likely N-dealkylation sites (N-methyl/N-ethyl adjacent to an activating group) is 1. The summed E-state index contributed by atoms with van der Waals surface area (Å²) in [5.74, 6) is 2.10. The Morgan fingerprint density at radius 2 is 1.97 bits per heavy atom. The Kier molecular flexibility index (Phi) is 12.9. The van der Waals surface area contributed by atoms with Crippen LogP contribution < -0.4 is 15.4 Å². The highest BCUT2D eigenvalue weighted by atomic mass is 127. The van der Waals surface area contributed by atoms with E-state index < -0.39 is 0 Å². The Balaban J connectivity index is 0.00000480. The second-order valence-corrected chi connectivity index (χ2v) is 8.27. The van der Waals surface area contributed by atoms with Crippen LogP contribution in [0.15, 0.2) is 23.2 Å². The summed E-state index contributed by atoms with van der Waals surface area (Å²) in [5.41, 5.74) is 2.15. The molecule has 0 radical (unpaired) electrons. The van der Waals surface area contributed by atoms with Crippen molar-refractivity contribution in [2.45, 2.75) is 52.1 Å². The summed E-state index contributed by atoms with van der Waals surface area (Å²) in [6, 6.07) is 6.51. The van der Waals surface area contributed by atoms with Crippen molar-refractivity contribution in [3.8, 4) is 5.75 Å². The molecule has 1 saturated carbocycles. The number of amides is 1. The molecule has 176 valence electrons. The predicted octanol–water partition coefficient (Wildman–Crippen LogP) is 3.34. The number of halogens is 1. The minimum absolute atomic E-state index is 0. The molecule has 2 N–H and O–H groups in total. The fraction of sp³-hybridized carbons (Fsp3) is 0.652. The molecule has 1 aromatic carbocycles. The lowest BCUT2D eigenvalue weighted by atomic mass is 9.86. The second kappa shape index (κ2) is 14.5. The zero-order valence-electron chi connectivity index (χ0n) is 19.6. The molecule has 1 amide bonds. The number of aliphatic imine (C=N–C) groups is 1. The third kappa shape index (κ3) is 9.64. The fourth-order valence-corrected chi connectivity index (χ4v) is 3.50. The summed E-state index contributed by atoms with van der Waals surface area (Å²) >= 11 is 0. The van der Waals surface area contributed by atoms with Gasteiger partial charge >= 0.3 is 0 Å². The van der Waals surface area contributed by atoms with Crippen molar-refractivity contribution in [3.05, 3.63) is 29.3 Å². The van der Waals surface area contributed by atoms with Gasteiger partial charge in [-0.3, -0.25) is 4.79 Å². The van der Waals surface area contributed by atoms with Gasteiger partial charge in [0.05, 0.1) is 19.7 Å². The number of carbonyl (C=O) groups is 1. The Bertz CT molecular complexity index is 712. The topological polar surface area (TPSA) is 75.2 Å². The fourth-order valence-electron chi connectivity index (χ4n) is 3.50. The highest BCUT2D eigenvalue weighted by Gasteiger charge is 2.22. The van der Waals surface area contributed by atoms with Gasteiger partial charge in [0.2, 0.25) is 5.91 Å². The first-order valence-electron chi connectivity index (χ1n) is 10.9. The summed E-state index contributed by atoms with van der Waals surface area (Å²) in [5, 5.41) is 6.77. The lowest BCUT2D eigenvalue weighted by Crippen LogP contribution is -2.49. The van der Waals surface area contributed by atoms with Gasteiger partial charge in [-0.25, -0.2) is 4.99 Å². The summed E-state index contributed by atoms with van der Waals surface area (Å²) in [6.07, 6.45) is 4.85. The van der Waals surface area contributed by atoms with E-state index in [-0.39, 0.29) is 36.4 Å². The molecular weight excluding hydrogens is 507 g/mol. The molecule has 7 nitrogen and oxygen atoms in total. The first-order chi connectivity index (χ1) is 14.4. The first kappa shape index (κ1) is 27.5. The molecule has 0 aliphatic heterocycles. The molecule has 1 aromatic rings. The minimum atomic E-state index is 0. The van der Waals surface area contributed by atoms with Gasteiger partial charge in [-0.2, -0.15) is 0 Å². The Morgan fingerprint density at radius 1 is 1.23 bits per heavy atom. The number of methoxy groups -OCH3 is 1. The molecule has 8 heteroatoms. The van der Waals surface area contributed by atoms with E-state index in [1.807, 2.05) is 19.1 Å². The summed E-state index contributed by atoms with van der Waals surface area (Å²) < 4.78 is 11.0. The number of hydrogen-bond donors (Lipinski definition) is 2. The van der Waals surface area contributed by atoms with Crippen LogP contribution in [-0.2, 0) is 16.1 Å². The maximum atomic E-state index is 12.1. The Labute approximate surface area is 204 Å². The van der Waals surface area contributed by atoms with E-state index in [1.165, 1.54) is 19.3 Å². The average molecular weight is 546 g/mol. The van der Waals surface area contributed by atoms with Crippen LogP contribution in [0.25, 0.3) is 0 Å². The molecular formula is C23H39IN4O3. The second-order valence-electron chi connectivity index (χ2n) is 8.27. The van der Waals surface area contributed by atoms with Gasteiger partial charge in [0, 0.05) is 32.8 Å². The third-order valence-corrected chi connectivity index (χ3v) is 5.51. The SMILES string of the molecule is COCCOc1cc(C)ccc1CN=C(NCC(=O)N(C)C)NC1CCCCC1C.I. The normalized spacial score (nSPS) is 18.7. The highest BCUT2D eigenvalue weighted by Crippen LogP contribution is 2.24. The van der Waals surface area contributed by atoms with Crippen LogP contribution in [0.1, 0.15) is 43.7 Å². The van der Waals surface area contributed by atoms with E-state index in [4.69, 9.17) is 14.5 Å². The number of benzene rings is 1. The maximum absolute atomic E-state index is 12.1. The highest BCUT2D eigenvalue weighted by molar-refractivity contribution is 14.0. The van der Waals surface area contributed by atoms with E-state index in [9.17, 15) is 4.79 Å². The van der Waals surface area contributed by atoms with Crippen LogP contribution in [0.3, 0.4) is 0 Å². The molecule has 2 rings (SSSR count). The standard InChI is InChI=1S/C23H38N4O3.HI/c1-17-10-11-19(21(14-17)30-13-12-29-5)15-24-23(25-16-22(28)27(3)4)26-20-9-7-6-8-18(20)2;/h10-11,14,18,20H,6-9,12-13,15-16H2,1-5H3,(H2,24,25,26);1H. The van der Waals surface area contributed by atoms with E-state index in [0.717, 1.165) is 23.3 Å². The summed E-state index contributed by atoms with van der Waals surface area (Å²) in [6.45, 7) is 6.04. The number of nitrogens with one attached hydrogen (secondary N) is 2. The number of carbonyl (C=O) groups excluding carboxylic acids is 1. The molecule has 2 unspecified atom stereocenters. The van der Waals surface area contributed by atoms with Gasteiger partial charge in [0.25, 0.3) is 0 Å². The summed E-state index contributed by atoms with van der Waals surface area (Å²) in [7, 11) is 5.18. The van der Waals surface area contributed by atoms with E-state index in [0.29, 0.717) is 37.7 Å². The molecule has 1 aliphatic rings. The quantitative estimate of drug-likeness (QED) is 0.215. The molecule has 0 aromatic heterocycles. The average Bonchev–Trinajstić information content (AvgIpc) is 2.72. The monoisotopic (exact) mass is 546 g/mol. The number of ether oxygens (including phenoxy) is 2. The van der Waals surface area contributed by atoms with Crippen molar-refractivity contribution < 1.29 is 14.3 Å². The lowest BCUT2D eigenvalue weighted by Gasteiger charge is -2.31. The molecule has 31 heavy (non-hydrogen) atoms. The van der Waals surface area contributed by atoms with E-state index in [2.05, 4.69) is 23.6 Å². The van der Waals surface area contributed by atoms with Crippen molar-refractivity contribution in [1.82, 2.24) is 15.5 Å². The number of rotatable bonds is 9. The van der Waals surface area contributed by atoms with Gasteiger partial charge in [-0.1, -0.05) is 31.9 Å². The van der Waals surface area contributed by atoms with Crippen LogP contribution in [0.2, 0.25) is 0 Å². The zero-order chi connectivity index (χ0) is 21.9. The molecule has 0 spiro atoms. The van der Waals surface area contributed by atoms with Crippen molar-refractivity contribution in [2.75, 3.05) is 41.0 Å². The van der Waals surface area contributed by atoms with E-state index >= 15 is 0 Å². The maximum Gasteiger partial charge on any atom is 0.241 e. The van der Waals surface area contributed by atoms with Crippen LogP contribution >= 0.6 is 24.0 Å². The third-order valence-electron chi connectivity index (χ3n) is 5.51. The van der Waals surface area contributed by atoms with E-state index in [1.54, 1.807) is 26.1 Å². The van der Waals surface area contributed by atoms with Gasteiger partial charge in [-0.15, -0.1) is 24.0 Å². The Morgan fingerprint density at radius 3 is 2.65 bits per heavy atom. The number of guanidine groups is 1. The van der Waals surface area contributed by atoms with Crippen molar-refractivity contribution in [1.29, 1.82) is 0 Å². The van der Waals surface area contributed by atoms with Gasteiger partial charge in [0.1, 0.15) is 12.4 Å². The Hall–Kier alpha value is -1.55. The molecule has 1 aliphatic carbocycles. The zero-order valence-corrected chi connectivity index (χ0v) is 21.9. The largest absolute Gasteiger partial charge is 0.491 e. The molecule has 1 fully saturated rings. The molecule has 2 atom stereocenters. The van der Waals surface area contributed by atoms with Gasteiger partial charge < -0.3 is 25.0 Å². The smallest absolute Gasteiger partial charge is 0.241 e. The lowest BCUT2D eigenvalue weighted by molar-refractivity contribution is -0.127. The van der Waals surface area contributed by atoms with Crippen molar-refractivity contribution in [2.24, 2.45) is 10.9 Å². The predicted molar refractivity (Wildman–Crippen MR) is 136 cm³/mol. The van der Waals surface area contributed by atoms with Crippen LogP contribution in [0, 0.1) is 12.8 Å². The summed E-state index contributed by atoms with van der Waals surface area (Å²) in [4.78, 5) is 18.4. The number of hydrogen-bond acceptors (Lipinski definition) is 4. The first-order valence-corrected chi connectivity index (χ1v) is 10.9. The van der Waals surface area contributed by atoms with Crippen LogP contribution in [-0.4, -0.2) is 63.8 Å². The minimum Gasteiger partial charge on any atom is -0.491 e. The van der Waals surface area contributed by atoms with Gasteiger partial charge in [-0.05, 0) is 37.3 Å². The molecule has 0 bridgehead atoms. The number of aryl methyl sites for hydroxylation is 1. The molecule has 0 saturated heterocycles. The van der Waals surface area contributed by atoms with Crippen molar-refractivity contribution >= 4 is 35.8 Å². The van der Waals surface area contributed by atoms with Crippen LogP contribution in [0.5, 0.6) is 5.75 Å². The van der Waals surface area contributed by atoms with Gasteiger partial charge in [0.15, 0.2) is 5.96 Å². The molecule has 0 heterocycles. The van der Waals surface area contributed by atoms with Crippen molar-refractivity contribution in [3.63, 3.8) is 0 Å². The van der Waals surface area contributed by atoms with Crippen LogP contribution in [0.4, 0.5) is 0 Å². The number of nitrogens with zero attached hydrogens (tertiary/aromatic N) is 2.